The fourth-order valence-corrected chi connectivity index (χ4v) is 2.16. The first kappa shape index (κ1) is 15.1. The Balaban J connectivity index is 1.93. The van der Waals surface area contributed by atoms with Crippen LogP contribution in [-0.2, 0) is 11.2 Å². The zero-order valence-corrected chi connectivity index (χ0v) is 12.7. The first-order chi connectivity index (χ1) is 10.1. The summed E-state index contributed by atoms with van der Waals surface area (Å²) in [5.41, 5.74) is 3.29. The molecule has 2 aromatic rings. The highest BCUT2D eigenvalue weighted by Crippen LogP contribution is 2.17. The molecule has 3 nitrogen and oxygen atoms in total. The van der Waals surface area contributed by atoms with E-state index in [4.69, 9.17) is 4.74 Å². The largest absolute Gasteiger partial charge is 0.497 e. The van der Waals surface area contributed by atoms with E-state index in [9.17, 15) is 4.79 Å². The number of carbonyl (C=O) groups is 1. The van der Waals surface area contributed by atoms with Crippen LogP contribution < -0.4 is 10.1 Å². The Bertz CT molecular complexity index is 588. The average Bonchev–Trinajstić information content (AvgIpc) is 2.49. The van der Waals surface area contributed by atoms with Crippen molar-refractivity contribution in [2.45, 2.75) is 26.3 Å². The number of hydrogen-bond acceptors (Lipinski definition) is 2. The van der Waals surface area contributed by atoms with Crippen LogP contribution in [0.1, 0.15) is 29.7 Å². The van der Waals surface area contributed by atoms with E-state index in [1.54, 1.807) is 7.11 Å². The van der Waals surface area contributed by atoms with Crippen LogP contribution in [-0.4, -0.2) is 13.0 Å². The maximum absolute atomic E-state index is 12.1. The number of ether oxygens (including phenoxy) is 1. The summed E-state index contributed by atoms with van der Waals surface area (Å²) in [4.78, 5) is 12.1. The second-order valence-corrected chi connectivity index (χ2v) is 5.22. The smallest absolute Gasteiger partial charge is 0.224 e. The highest BCUT2D eigenvalue weighted by molar-refractivity contribution is 5.79. The van der Waals surface area contributed by atoms with Gasteiger partial charge < -0.3 is 10.1 Å². The van der Waals surface area contributed by atoms with Gasteiger partial charge in [0.1, 0.15) is 5.75 Å². The van der Waals surface area contributed by atoms with Crippen molar-refractivity contribution < 1.29 is 9.53 Å². The number of amides is 1. The van der Waals surface area contributed by atoms with Gasteiger partial charge in [-0.3, -0.25) is 4.79 Å². The first-order valence-corrected chi connectivity index (χ1v) is 7.07. The number of rotatable bonds is 5. The molecule has 2 rings (SSSR count). The number of aryl methyl sites for hydroxylation is 1. The number of carbonyl (C=O) groups excluding carboxylic acids is 1. The fraction of sp³-hybridized carbons (Fsp3) is 0.278. The molecule has 2 aromatic carbocycles. The second kappa shape index (κ2) is 6.93. The van der Waals surface area contributed by atoms with Crippen molar-refractivity contribution in [1.29, 1.82) is 0 Å². The van der Waals surface area contributed by atoms with Crippen molar-refractivity contribution in [1.82, 2.24) is 5.32 Å². The minimum atomic E-state index is -0.0196. The van der Waals surface area contributed by atoms with Crippen LogP contribution in [0.3, 0.4) is 0 Å². The molecule has 0 spiro atoms. The minimum Gasteiger partial charge on any atom is -0.497 e. The molecule has 110 valence electrons. The van der Waals surface area contributed by atoms with E-state index in [-0.39, 0.29) is 11.9 Å². The number of methoxy groups -OCH3 is 1. The van der Waals surface area contributed by atoms with Crippen LogP contribution in [0.15, 0.2) is 48.5 Å². The van der Waals surface area contributed by atoms with Gasteiger partial charge in [-0.05, 0) is 37.1 Å². The number of benzene rings is 2. The lowest BCUT2D eigenvalue weighted by atomic mass is 10.1. The molecule has 0 aliphatic rings. The van der Waals surface area contributed by atoms with Gasteiger partial charge in [0.15, 0.2) is 0 Å². The van der Waals surface area contributed by atoms with Gasteiger partial charge in [-0.1, -0.05) is 42.0 Å². The highest BCUT2D eigenvalue weighted by atomic mass is 16.5. The Morgan fingerprint density at radius 3 is 2.29 bits per heavy atom. The molecule has 0 saturated heterocycles. The molecule has 0 aromatic heterocycles. The van der Waals surface area contributed by atoms with Gasteiger partial charge in [-0.25, -0.2) is 0 Å². The first-order valence-electron chi connectivity index (χ1n) is 7.07. The normalized spacial score (nSPS) is 11.8. The van der Waals surface area contributed by atoms with Gasteiger partial charge in [0.2, 0.25) is 5.91 Å². The molecular weight excluding hydrogens is 262 g/mol. The Kier molecular flexibility index (Phi) is 4.99. The predicted octanol–water partition coefficient (Wildman–Crippen LogP) is 3.42. The topological polar surface area (TPSA) is 38.3 Å². The predicted molar refractivity (Wildman–Crippen MR) is 84.4 cm³/mol. The quantitative estimate of drug-likeness (QED) is 0.913. The molecule has 3 heteroatoms. The summed E-state index contributed by atoms with van der Waals surface area (Å²) in [6, 6.07) is 15.8. The lowest BCUT2D eigenvalue weighted by Crippen LogP contribution is -2.28. The molecular formula is C18H21NO2. The molecule has 0 bridgehead atoms. The Morgan fingerprint density at radius 1 is 1.10 bits per heavy atom. The molecule has 1 unspecified atom stereocenters. The van der Waals surface area contributed by atoms with Crippen molar-refractivity contribution >= 4 is 5.91 Å². The molecule has 0 aliphatic carbocycles. The van der Waals surface area contributed by atoms with E-state index in [2.05, 4.69) is 5.32 Å². The summed E-state index contributed by atoms with van der Waals surface area (Å²) >= 11 is 0. The summed E-state index contributed by atoms with van der Waals surface area (Å²) in [5, 5.41) is 3.02. The van der Waals surface area contributed by atoms with E-state index >= 15 is 0 Å². The lowest BCUT2D eigenvalue weighted by Gasteiger charge is -2.15. The van der Waals surface area contributed by atoms with Gasteiger partial charge in [0, 0.05) is 0 Å². The Morgan fingerprint density at radius 2 is 1.71 bits per heavy atom. The summed E-state index contributed by atoms with van der Waals surface area (Å²) in [7, 11) is 1.64. The molecule has 0 saturated carbocycles. The third-order valence-electron chi connectivity index (χ3n) is 3.48. The summed E-state index contributed by atoms with van der Waals surface area (Å²) < 4.78 is 5.13. The van der Waals surface area contributed by atoms with E-state index in [1.165, 1.54) is 5.56 Å². The monoisotopic (exact) mass is 283 g/mol. The maximum atomic E-state index is 12.1. The van der Waals surface area contributed by atoms with E-state index < -0.39 is 0 Å². The third kappa shape index (κ3) is 4.35. The molecule has 0 heterocycles. The molecule has 0 aliphatic heterocycles. The van der Waals surface area contributed by atoms with Gasteiger partial charge in [-0.15, -0.1) is 0 Å². The van der Waals surface area contributed by atoms with Crippen molar-refractivity contribution in [2.24, 2.45) is 0 Å². The Labute approximate surface area is 126 Å². The van der Waals surface area contributed by atoms with Crippen molar-refractivity contribution in [3.63, 3.8) is 0 Å². The molecule has 1 atom stereocenters. The fourth-order valence-electron chi connectivity index (χ4n) is 2.16. The molecule has 0 fully saturated rings. The van der Waals surface area contributed by atoms with Crippen LogP contribution in [0.4, 0.5) is 0 Å². The summed E-state index contributed by atoms with van der Waals surface area (Å²) in [6.07, 6.45) is 0.404. The van der Waals surface area contributed by atoms with Crippen LogP contribution in [0.2, 0.25) is 0 Å². The highest BCUT2D eigenvalue weighted by Gasteiger charge is 2.10. The Hall–Kier alpha value is -2.29. The van der Waals surface area contributed by atoms with Crippen LogP contribution in [0.25, 0.3) is 0 Å². The van der Waals surface area contributed by atoms with E-state index in [1.807, 2.05) is 62.4 Å². The summed E-state index contributed by atoms with van der Waals surface area (Å²) in [6.45, 7) is 4.02. The molecule has 21 heavy (non-hydrogen) atoms. The van der Waals surface area contributed by atoms with Crippen molar-refractivity contribution in [3.05, 3.63) is 65.2 Å². The number of nitrogens with one attached hydrogen (secondary N) is 1. The van der Waals surface area contributed by atoms with Crippen molar-refractivity contribution in [3.8, 4) is 5.75 Å². The van der Waals surface area contributed by atoms with E-state index in [0.29, 0.717) is 6.42 Å². The van der Waals surface area contributed by atoms with E-state index in [0.717, 1.165) is 16.9 Å². The van der Waals surface area contributed by atoms with Gasteiger partial charge in [0.05, 0.1) is 19.6 Å². The minimum absolute atomic E-state index is 0.0196. The van der Waals surface area contributed by atoms with Gasteiger partial charge in [-0.2, -0.15) is 0 Å². The van der Waals surface area contributed by atoms with Gasteiger partial charge in [0.25, 0.3) is 0 Å². The maximum Gasteiger partial charge on any atom is 0.224 e. The van der Waals surface area contributed by atoms with Gasteiger partial charge >= 0.3 is 0 Å². The summed E-state index contributed by atoms with van der Waals surface area (Å²) in [5.74, 6) is 0.846. The third-order valence-corrected chi connectivity index (χ3v) is 3.48. The number of hydrogen-bond donors (Lipinski definition) is 1. The zero-order chi connectivity index (χ0) is 15.2. The zero-order valence-electron chi connectivity index (χ0n) is 12.7. The SMILES string of the molecule is COc1ccc(C(C)NC(=O)Cc2ccc(C)cc2)cc1. The molecule has 0 radical (unpaired) electrons. The molecule has 1 amide bonds. The van der Waals surface area contributed by atoms with Crippen LogP contribution in [0.5, 0.6) is 5.75 Å². The molecule has 1 N–H and O–H groups in total. The van der Waals surface area contributed by atoms with Crippen LogP contribution in [0, 0.1) is 6.92 Å². The lowest BCUT2D eigenvalue weighted by molar-refractivity contribution is -0.121. The standard InChI is InChI=1S/C18H21NO2/c1-13-4-6-15(7-5-13)12-18(20)19-14(2)16-8-10-17(21-3)11-9-16/h4-11,14H,12H2,1-3H3,(H,19,20). The average molecular weight is 283 g/mol. The van der Waals surface area contributed by atoms with Crippen molar-refractivity contribution in [2.75, 3.05) is 7.11 Å². The van der Waals surface area contributed by atoms with Crippen LogP contribution >= 0.6 is 0 Å². The second-order valence-electron chi connectivity index (χ2n) is 5.22.